The highest BCUT2D eigenvalue weighted by molar-refractivity contribution is 5.77. The lowest BCUT2D eigenvalue weighted by molar-refractivity contribution is -0.143. The highest BCUT2D eigenvalue weighted by atomic mass is 16.5. The highest BCUT2D eigenvalue weighted by Gasteiger charge is 2.25. The molecule has 0 aromatic heterocycles. The molecule has 0 aliphatic heterocycles. The van der Waals surface area contributed by atoms with Gasteiger partial charge in [-0.05, 0) is 32.3 Å². The zero-order valence-electron chi connectivity index (χ0n) is 12.7. The number of benzene rings is 1. The Kier molecular flexibility index (Phi) is 5.18. The second-order valence-electron chi connectivity index (χ2n) is 5.88. The van der Waals surface area contributed by atoms with E-state index in [0.29, 0.717) is 6.04 Å². The summed E-state index contributed by atoms with van der Waals surface area (Å²) >= 11 is 0. The smallest absolute Gasteiger partial charge is 0.327 e. The molecule has 0 spiro atoms. The predicted octanol–water partition coefficient (Wildman–Crippen LogP) is 3.44. The van der Waals surface area contributed by atoms with Gasteiger partial charge in [0, 0.05) is 6.04 Å². The van der Waals surface area contributed by atoms with Crippen LogP contribution < -0.4 is 5.32 Å². The molecule has 1 fully saturated rings. The van der Waals surface area contributed by atoms with Gasteiger partial charge in [0.25, 0.3) is 0 Å². The van der Waals surface area contributed by atoms with Crippen LogP contribution in [-0.2, 0) is 9.53 Å². The van der Waals surface area contributed by atoms with Crippen molar-refractivity contribution in [3.63, 3.8) is 0 Å². The Morgan fingerprint density at radius 2 is 1.75 bits per heavy atom. The summed E-state index contributed by atoms with van der Waals surface area (Å²) in [5.74, 6) is -0.194. The first kappa shape index (κ1) is 15.0. The summed E-state index contributed by atoms with van der Waals surface area (Å²) in [6, 6.07) is 6.35. The van der Waals surface area contributed by atoms with Crippen LogP contribution in [0.2, 0.25) is 0 Å². The van der Waals surface area contributed by atoms with Crippen LogP contribution in [0.4, 0.5) is 0 Å². The van der Waals surface area contributed by atoms with Gasteiger partial charge in [0.2, 0.25) is 0 Å². The van der Waals surface area contributed by atoms with Gasteiger partial charge in [-0.25, -0.2) is 4.79 Å². The molecule has 1 aliphatic carbocycles. The van der Waals surface area contributed by atoms with Crippen LogP contribution in [0.1, 0.15) is 54.8 Å². The summed E-state index contributed by atoms with van der Waals surface area (Å²) in [7, 11) is 1.46. The van der Waals surface area contributed by atoms with Gasteiger partial charge >= 0.3 is 5.97 Å². The van der Waals surface area contributed by atoms with Crippen molar-refractivity contribution in [3.8, 4) is 0 Å². The fourth-order valence-electron chi connectivity index (χ4n) is 3.10. The highest BCUT2D eigenvalue weighted by Crippen LogP contribution is 2.23. The summed E-state index contributed by atoms with van der Waals surface area (Å²) < 4.78 is 4.99. The van der Waals surface area contributed by atoms with Crippen LogP contribution in [0, 0.1) is 13.8 Å². The molecule has 2 rings (SSSR count). The number of ether oxygens (including phenoxy) is 1. The van der Waals surface area contributed by atoms with Crippen molar-refractivity contribution in [1.82, 2.24) is 5.32 Å². The molecule has 1 saturated carbocycles. The molecule has 0 saturated heterocycles. The average molecular weight is 275 g/mol. The molecule has 0 bridgehead atoms. The molecule has 0 amide bonds. The molecule has 1 N–H and O–H groups in total. The van der Waals surface area contributed by atoms with Crippen LogP contribution in [0.15, 0.2) is 18.2 Å². The predicted molar refractivity (Wildman–Crippen MR) is 80.7 cm³/mol. The van der Waals surface area contributed by atoms with E-state index in [1.807, 2.05) is 0 Å². The molecule has 110 valence electrons. The monoisotopic (exact) mass is 275 g/mol. The van der Waals surface area contributed by atoms with Crippen LogP contribution >= 0.6 is 0 Å². The number of carbonyl (C=O) groups is 1. The van der Waals surface area contributed by atoms with Gasteiger partial charge < -0.3 is 4.74 Å². The van der Waals surface area contributed by atoms with Crippen molar-refractivity contribution in [2.24, 2.45) is 0 Å². The quantitative estimate of drug-likeness (QED) is 0.855. The number of aryl methyl sites for hydroxylation is 2. The SMILES string of the molecule is COC(=O)C(NC1CCCCC1)c1cc(C)cc(C)c1. The number of rotatable bonds is 4. The first-order valence-corrected chi connectivity index (χ1v) is 7.52. The zero-order valence-corrected chi connectivity index (χ0v) is 12.7. The van der Waals surface area contributed by atoms with Crippen LogP contribution in [0.3, 0.4) is 0 Å². The van der Waals surface area contributed by atoms with Gasteiger partial charge in [-0.2, -0.15) is 0 Å². The Morgan fingerprint density at radius 3 is 2.30 bits per heavy atom. The topological polar surface area (TPSA) is 38.3 Å². The van der Waals surface area contributed by atoms with Gasteiger partial charge in [0.15, 0.2) is 0 Å². The lowest BCUT2D eigenvalue weighted by Crippen LogP contribution is -2.38. The third-order valence-corrected chi connectivity index (χ3v) is 4.02. The van der Waals surface area contributed by atoms with Gasteiger partial charge in [-0.15, -0.1) is 0 Å². The van der Waals surface area contributed by atoms with Gasteiger partial charge in [-0.3, -0.25) is 5.32 Å². The molecule has 0 heterocycles. The van der Waals surface area contributed by atoms with E-state index in [0.717, 1.165) is 18.4 Å². The molecule has 1 aromatic carbocycles. The normalized spacial score (nSPS) is 17.8. The summed E-state index contributed by atoms with van der Waals surface area (Å²) in [6.07, 6.45) is 6.11. The molecular formula is C17H25NO2. The van der Waals surface area contributed by atoms with Gasteiger partial charge in [0.1, 0.15) is 6.04 Å². The van der Waals surface area contributed by atoms with Crippen molar-refractivity contribution in [2.75, 3.05) is 7.11 Å². The van der Waals surface area contributed by atoms with E-state index in [9.17, 15) is 4.79 Å². The number of nitrogens with one attached hydrogen (secondary N) is 1. The second kappa shape index (κ2) is 6.89. The summed E-state index contributed by atoms with van der Waals surface area (Å²) in [5, 5.41) is 3.50. The Hall–Kier alpha value is -1.35. The van der Waals surface area contributed by atoms with Crippen molar-refractivity contribution < 1.29 is 9.53 Å². The van der Waals surface area contributed by atoms with Crippen LogP contribution in [0.25, 0.3) is 0 Å². The van der Waals surface area contributed by atoms with Crippen molar-refractivity contribution in [2.45, 2.75) is 58.0 Å². The fraction of sp³-hybridized carbons (Fsp3) is 0.588. The first-order chi connectivity index (χ1) is 9.60. The minimum absolute atomic E-state index is 0.194. The molecule has 1 atom stereocenters. The standard InChI is InChI=1S/C17H25NO2/c1-12-9-13(2)11-14(10-12)16(17(19)20-3)18-15-7-5-4-6-8-15/h9-11,15-16,18H,4-8H2,1-3H3. The molecule has 1 aromatic rings. The van der Waals surface area contributed by atoms with E-state index in [1.165, 1.54) is 37.5 Å². The maximum absolute atomic E-state index is 12.1. The van der Waals surface area contributed by atoms with E-state index in [2.05, 4.69) is 37.4 Å². The maximum atomic E-state index is 12.1. The fourth-order valence-corrected chi connectivity index (χ4v) is 3.10. The Labute approximate surface area is 121 Å². The number of esters is 1. The first-order valence-electron chi connectivity index (χ1n) is 7.52. The Bertz CT molecular complexity index is 444. The van der Waals surface area contributed by atoms with Crippen molar-refractivity contribution in [3.05, 3.63) is 34.9 Å². The van der Waals surface area contributed by atoms with E-state index in [1.54, 1.807) is 0 Å². The minimum atomic E-state index is -0.346. The minimum Gasteiger partial charge on any atom is -0.468 e. The molecule has 1 aliphatic rings. The summed E-state index contributed by atoms with van der Waals surface area (Å²) in [4.78, 5) is 12.1. The van der Waals surface area contributed by atoms with E-state index in [4.69, 9.17) is 4.74 Å². The molecule has 1 unspecified atom stereocenters. The van der Waals surface area contributed by atoms with Gasteiger partial charge in [0.05, 0.1) is 7.11 Å². The van der Waals surface area contributed by atoms with Crippen molar-refractivity contribution in [1.29, 1.82) is 0 Å². The van der Waals surface area contributed by atoms with E-state index < -0.39 is 0 Å². The molecular weight excluding hydrogens is 250 g/mol. The third kappa shape index (κ3) is 3.83. The Morgan fingerprint density at radius 1 is 1.15 bits per heavy atom. The Balaban J connectivity index is 2.19. The van der Waals surface area contributed by atoms with E-state index in [-0.39, 0.29) is 12.0 Å². The number of hydrogen-bond donors (Lipinski definition) is 1. The molecule has 3 nitrogen and oxygen atoms in total. The lowest BCUT2D eigenvalue weighted by atomic mass is 9.93. The van der Waals surface area contributed by atoms with Crippen LogP contribution in [0.5, 0.6) is 0 Å². The average Bonchev–Trinajstić information content (AvgIpc) is 2.44. The number of carbonyl (C=O) groups excluding carboxylic acids is 1. The van der Waals surface area contributed by atoms with Crippen molar-refractivity contribution >= 4 is 5.97 Å². The number of methoxy groups -OCH3 is 1. The number of hydrogen-bond acceptors (Lipinski definition) is 3. The maximum Gasteiger partial charge on any atom is 0.327 e. The lowest BCUT2D eigenvalue weighted by Gasteiger charge is -2.27. The summed E-state index contributed by atoms with van der Waals surface area (Å²) in [6.45, 7) is 4.12. The molecule has 3 heteroatoms. The molecule has 20 heavy (non-hydrogen) atoms. The molecule has 0 radical (unpaired) electrons. The largest absolute Gasteiger partial charge is 0.468 e. The second-order valence-corrected chi connectivity index (χ2v) is 5.88. The zero-order chi connectivity index (χ0) is 14.5. The third-order valence-electron chi connectivity index (χ3n) is 4.02. The van der Waals surface area contributed by atoms with Gasteiger partial charge in [-0.1, -0.05) is 48.6 Å². The van der Waals surface area contributed by atoms with Crippen LogP contribution in [-0.4, -0.2) is 19.1 Å². The van der Waals surface area contributed by atoms with E-state index >= 15 is 0 Å². The summed E-state index contributed by atoms with van der Waals surface area (Å²) in [5.41, 5.74) is 3.37.